The van der Waals surface area contributed by atoms with Crippen LogP contribution in [0.4, 0.5) is 0 Å². The van der Waals surface area contributed by atoms with Crippen molar-refractivity contribution >= 4 is 27.9 Å². The maximum Gasteiger partial charge on any atom is 0.339 e. The first-order valence-corrected chi connectivity index (χ1v) is 5.04. The lowest BCUT2D eigenvalue weighted by molar-refractivity contribution is -0.131. The van der Waals surface area contributed by atoms with Gasteiger partial charge in [0, 0.05) is 6.92 Å². The molecule has 86 valence electrons. The fourth-order valence-corrected chi connectivity index (χ4v) is 1.61. The lowest BCUT2D eigenvalue weighted by Crippen LogP contribution is -2.08. The highest BCUT2D eigenvalue weighted by Crippen LogP contribution is 2.33. The summed E-state index contributed by atoms with van der Waals surface area (Å²) < 4.78 is 10.1. The van der Waals surface area contributed by atoms with Gasteiger partial charge in [-0.25, -0.2) is 4.79 Å². The first-order chi connectivity index (χ1) is 7.45. The van der Waals surface area contributed by atoms with Gasteiger partial charge in [0.05, 0.1) is 11.6 Å². The third kappa shape index (κ3) is 2.73. The highest BCUT2D eigenvalue weighted by molar-refractivity contribution is 9.10. The first kappa shape index (κ1) is 12.5. The molecule has 0 saturated heterocycles. The van der Waals surface area contributed by atoms with Gasteiger partial charge in [0.25, 0.3) is 0 Å². The van der Waals surface area contributed by atoms with Gasteiger partial charge in [-0.1, -0.05) is 0 Å². The zero-order chi connectivity index (χ0) is 12.3. The quantitative estimate of drug-likeness (QED) is 0.681. The minimum absolute atomic E-state index is 0.0270. The van der Waals surface area contributed by atoms with E-state index in [0.29, 0.717) is 10.2 Å². The van der Waals surface area contributed by atoms with Gasteiger partial charge in [-0.2, -0.15) is 0 Å². The van der Waals surface area contributed by atoms with Crippen molar-refractivity contribution in [2.75, 3.05) is 7.11 Å². The number of aromatic carboxylic acids is 1. The van der Waals surface area contributed by atoms with Crippen LogP contribution in [0.5, 0.6) is 11.5 Å². The molecule has 0 aliphatic heterocycles. The third-order valence-electron chi connectivity index (χ3n) is 1.73. The van der Waals surface area contributed by atoms with Crippen LogP contribution in [0.1, 0.15) is 17.3 Å². The van der Waals surface area contributed by atoms with Gasteiger partial charge in [-0.3, -0.25) is 4.79 Å². The lowest BCUT2D eigenvalue weighted by Gasteiger charge is -2.10. The Kier molecular flexibility index (Phi) is 3.89. The Morgan fingerprint density at radius 1 is 1.38 bits per heavy atom. The van der Waals surface area contributed by atoms with Crippen LogP contribution in [0.25, 0.3) is 0 Å². The average molecular weight is 289 g/mol. The Hall–Kier alpha value is -1.56. The Labute approximate surface area is 100 Å². The summed E-state index contributed by atoms with van der Waals surface area (Å²) in [5.74, 6) is -1.45. The molecule has 0 saturated carbocycles. The number of hydrogen-bond donors (Lipinski definition) is 1. The van der Waals surface area contributed by atoms with Crippen molar-refractivity contribution in [2.45, 2.75) is 6.92 Å². The molecule has 0 radical (unpaired) electrons. The van der Waals surface area contributed by atoms with Crippen LogP contribution in [-0.2, 0) is 4.79 Å². The number of benzene rings is 1. The van der Waals surface area contributed by atoms with E-state index in [1.165, 1.54) is 26.2 Å². The van der Waals surface area contributed by atoms with Crippen LogP contribution in [0.2, 0.25) is 0 Å². The molecular formula is C10H9BrO5. The molecule has 1 rings (SSSR count). The summed E-state index contributed by atoms with van der Waals surface area (Å²) in [6, 6.07) is 2.80. The molecule has 0 amide bonds. The predicted octanol–water partition coefficient (Wildman–Crippen LogP) is 2.08. The molecule has 0 aromatic heterocycles. The highest BCUT2D eigenvalue weighted by Gasteiger charge is 2.18. The van der Waals surface area contributed by atoms with Gasteiger partial charge < -0.3 is 14.6 Å². The number of esters is 1. The maximum absolute atomic E-state index is 11.0. The number of carboxylic acid groups (broad SMARTS) is 1. The molecule has 1 aromatic carbocycles. The molecular weight excluding hydrogens is 280 g/mol. The molecule has 6 heteroatoms. The van der Waals surface area contributed by atoms with Crippen molar-refractivity contribution in [1.82, 2.24) is 0 Å². The zero-order valence-electron chi connectivity index (χ0n) is 8.61. The van der Waals surface area contributed by atoms with Crippen molar-refractivity contribution < 1.29 is 24.2 Å². The third-order valence-corrected chi connectivity index (χ3v) is 2.32. The van der Waals surface area contributed by atoms with Crippen molar-refractivity contribution in [3.63, 3.8) is 0 Å². The van der Waals surface area contributed by atoms with Crippen LogP contribution >= 0.6 is 15.9 Å². The Morgan fingerprint density at radius 2 is 2.00 bits per heavy atom. The van der Waals surface area contributed by atoms with Crippen LogP contribution in [0.3, 0.4) is 0 Å². The number of halogens is 1. The normalized spacial score (nSPS) is 9.69. The van der Waals surface area contributed by atoms with E-state index in [1.54, 1.807) is 0 Å². The van der Waals surface area contributed by atoms with Crippen LogP contribution in [0.15, 0.2) is 16.6 Å². The molecule has 0 bridgehead atoms. The van der Waals surface area contributed by atoms with Gasteiger partial charge in [-0.05, 0) is 28.1 Å². The number of rotatable bonds is 3. The van der Waals surface area contributed by atoms with Crippen molar-refractivity contribution in [3.8, 4) is 11.5 Å². The second kappa shape index (κ2) is 4.98. The summed E-state index contributed by atoms with van der Waals surface area (Å²) in [7, 11) is 1.42. The summed E-state index contributed by atoms with van der Waals surface area (Å²) >= 11 is 3.12. The van der Waals surface area contributed by atoms with Crippen LogP contribution in [0, 0.1) is 0 Å². The topological polar surface area (TPSA) is 72.8 Å². The largest absolute Gasteiger partial charge is 0.497 e. The molecule has 0 atom stereocenters. The van der Waals surface area contributed by atoms with E-state index >= 15 is 0 Å². The van der Waals surface area contributed by atoms with E-state index in [0.717, 1.165) is 0 Å². The average Bonchev–Trinajstić information content (AvgIpc) is 2.19. The summed E-state index contributed by atoms with van der Waals surface area (Å²) in [5.41, 5.74) is -0.138. The Morgan fingerprint density at radius 3 is 2.44 bits per heavy atom. The van der Waals surface area contributed by atoms with E-state index in [1.807, 2.05) is 0 Å². The highest BCUT2D eigenvalue weighted by atomic mass is 79.9. The number of carboxylic acids is 1. The molecule has 1 N–H and O–H groups in total. The first-order valence-electron chi connectivity index (χ1n) is 4.25. The molecule has 0 aliphatic rings. The van der Waals surface area contributed by atoms with Gasteiger partial charge in [0.2, 0.25) is 0 Å². The summed E-state index contributed by atoms with van der Waals surface area (Å²) in [6.45, 7) is 1.20. The number of methoxy groups -OCH3 is 1. The second-order valence-corrected chi connectivity index (χ2v) is 3.74. The van der Waals surface area contributed by atoms with Gasteiger partial charge in [0.1, 0.15) is 11.3 Å². The molecule has 16 heavy (non-hydrogen) atoms. The van der Waals surface area contributed by atoms with Crippen molar-refractivity contribution in [1.29, 1.82) is 0 Å². The van der Waals surface area contributed by atoms with E-state index in [2.05, 4.69) is 15.9 Å². The van der Waals surface area contributed by atoms with Gasteiger partial charge in [0.15, 0.2) is 5.75 Å². The van der Waals surface area contributed by atoms with Crippen molar-refractivity contribution in [2.24, 2.45) is 0 Å². The molecule has 1 aromatic rings. The predicted molar refractivity (Wildman–Crippen MR) is 59.0 cm³/mol. The lowest BCUT2D eigenvalue weighted by atomic mass is 10.2. The molecule has 0 fully saturated rings. The molecule has 0 spiro atoms. The van der Waals surface area contributed by atoms with E-state index in [-0.39, 0.29) is 11.3 Å². The van der Waals surface area contributed by atoms with Gasteiger partial charge >= 0.3 is 11.9 Å². The van der Waals surface area contributed by atoms with E-state index < -0.39 is 11.9 Å². The van der Waals surface area contributed by atoms with Crippen LogP contribution in [-0.4, -0.2) is 24.2 Å². The molecule has 0 heterocycles. The summed E-state index contributed by atoms with van der Waals surface area (Å²) in [5, 5.41) is 8.96. The minimum atomic E-state index is -1.20. The summed E-state index contributed by atoms with van der Waals surface area (Å²) in [6.07, 6.45) is 0. The Balaban J connectivity index is 3.33. The number of carbonyl (C=O) groups is 2. The smallest absolute Gasteiger partial charge is 0.339 e. The summed E-state index contributed by atoms with van der Waals surface area (Å²) in [4.78, 5) is 21.8. The maximum atomic E-state index is 11.0. The molecule has 5 nitrogen and oxygen atoms in total. The monoisotopic (exact) mass is 288 g/mol. The van der Waals surface area contributed by atoms with Crippen molar-refractivity contribution in [3.05, 3.63) is 22.2 Å². The Bertz CT molecular complexity index is 441. The number of hydrogen-bond acceptors (Lipinski definition) is 4. The molecule has 0 aliphatic carbocycles. The van der Waals surface area contributed by atoms with Gasteiger partial charge in [-0.15, -0.1) is 0 Å². The van der Waals surface area contributed by atoms with E-state index in [9.17, 15) is 9.59 Å². The fraction of sp³-hybridized carbons (Fsp3) is 0.200. The zero-order valence-corrected chi connectivity index (χ0v) is 10.2. The number of carbonyl (C=O) groups excluding carboxylic acids is 1. The van der Waals surface area contributed by atoms with Crippen LogP contribution < -0.4 is 9.47 Å². The second-order valence-electron chi connectivity index (χ2n) is 2.88. The minimum Gasteiger partial charge on any atom is -0.497 e. The van der Waals surface area contributed by atoms with E-state index in [4.69, 9.17) is 14.6 Å². The SMILES string of the molecule is COc1cc(Br)c(OC(C)=O)c(C(=O)O)c1. The number of ether oxygens (including phenoxy) is 2. The standard InChI is InChI=1S/C10H9BrO5/c1-5(12)16-9-7(10(13)14)3-6(15-2)4-8(9)11/h3-4H,1-2H3,(H,13,14). The molecule has 0 unspecified atom stereocenters. The fourth-order valence-electron chi connectivity index (χ4n) is 1.09.